The van der Waals surface area contributed by atoms with Gasteiger partial charge in [0.25, 0.3) is 11.8 Å². The van der Waals surface area contributed by atoms with Gasteiger partial charge >= 0.3 is 0 Å². The molecule has 0 radical (unpaired) electrons. The summed E-state index contributed by atoms with van der Waals surface area (Å²) in [5.74, 6) is -0.675. The molecule has 0 bridgehead atoms. The smallest absolute Gasteiger partial charge is 0.265 e. The van der Waals surface area contributed by atoms with E-state index in [-0.39, 0.29) is 17.5 Å². The number of anilines is 1. The van der Waals surface area contributed by atoms with Crippen LogP contribution in [-0.4, -0.2) is 22.2 Å². The Labute approximate surface area is 176 Å². The Bertz CT molecular complexity index is 1190. The average molecular weight is 421 g/mol. The number of rotatable bonds is 6. The maximum absolute atomic E-state index is 13.7. The van der Waals surface area contributed by atoms with Crippen molar-refractivity contribution >= 4 is 11.6 Å². The molecular weight excluding hydrogens is 404 g/mol. The monoisotopic (exact) mass is 421 g/mol. The number of halogens is 2. The third-order valence-corrected chi connectivity index (χ3v) is 4.44. The van der Waals surface area contributed by atoms with Crippen LogP contribution in [0, 0.1) is 11.6 Å². The van der Waals surface area contributed by atoms with Gasteiger partial charge in [0, 0.05) is 16.8 Å². The highest BCUT2D eigenvalue weighted by molar-refractivity contribution is 5.94. The molecule has 0 spiro atoms. The van der Waals surface area contributed by atoms with E-state index in [9.17, 15) is 13.6 Å². The number of nitrogens with one attached hydrogen (secondary N) is 1. The minimum absolute atomic E-state index is 0.00819. The van der Waals surface area contributed by atoms with Crippen LogP contribution < -0.4 is 10.1 Å². The fourth-order valence-electron chi connectivity index (χ4n) is 2.78. The first-order valence-corrected chi connectivity index (χ1v) is 9.42. The van der Waals surface area contributed by atoms with E-state index in [0.29, 0.717) is 22.6 Å². The highest BCUT2D eigenvalue weighted by Gasteiger charge is 2.17. The Kier molecular flexibility index (Phi) is 5.70. The van der Waals surface area contributed by atoms with Crippen LogP contribution in [0.2, 0.25) is 0 Å². The van der Waals surface area contributed by atoms with Crippen LogP contribution in [0.5, 0.6) is 5.75 Å². The molecule has 0 aliphatic heterocycles. The van der Waals surface area contributed by atoms with Gasteiger partial charge < -0.3 is 14.6 Å². The summed E-state index contributed by atoms with van der Waals surface area (Å²) >= 11 is 0. The topological polar surface area (TPSA) is 77.2 Å². The molecule has 31 heavy (non-hydrogen) atoms. The number of hydrogen-bond acceptors (Lipinski definition) is 5. The van der Waals surface area contributed by atoms with Crippen LogP contribution in [0.3, 0.4) is 0 Å². The number of amides is 1. The van der Waals surface area contributed by atoms with Crippen LogP contribution in [0.1, 0.15) is 6.92 Å². The van der Waals surface area contributed by atoms with Crippen LogP contribution in [0.15, 0.2) is 77.3 Å². The first kappa shape index (κ1) is 20.2. The lowest BCUT2D eigenvalue weighted by molar-refractivity contribution is -0.122. The summed E-state index contributed by atoms with van der Waals surface area (Å²) in [6.45, 7) is 1.53. The number of hydrogen-bond donors (Lipinski definition) is 1. The second-order valence-electron chi connectivity index (χ2n) is 6.69. The number of ether oxygens (including phenoxy) is 1. The molecule has 0 fully saturated rings. The van der Waals surface area contributed by atoms with Gasteiger partial charge in [0.15, 0.2) is 17.7 Å². The number of benzene rings is 3. The van der Waals surface area contributed by atoms with E-state index in [1.807, 2.05) is 0 Å². The van der Waals surface area contributed by atoms with E-state index in [0.717, 1.165) is 0 Å². The first-order valence-electron chi connectivity index (χ1n) is 9.42. The molecule has 3 aromatic carbocycles. The summed E-state index contributed by atoms with van der Waals surface area (Å²) in [5.41, 5.74) is 1.80. The van der Waals surface area contributed by atoms with Gasteiger partial charge in [0.2, 0.25) is 5.82 Å². The molecule has 0 aliphatic rings. The number of aromatic nitrogens is 2. The second kappa shape index (κ2) is 8.74. The minimum atomic E-state index is -0.897. The molecule has 1 amide bonds. The van der Waals surface area contributed by atoms with Crippen molar-refractivity contribution in [3.8, 4) is 28.6 Å². The van der Waals surface area contributed by atoms with Crippen LogP contribution in [-0.2, 0) is 4.79 Å². The summed E-state index contributed by atoms with van der Waals surface area (Å²) in [6.07, 6.45) is -0.897. The predicted molar refractivity (Wildman–Crippen MR) is 110 cm³/mol. The van der Waals surface area contributed by atoms with Crippen molar-refractivity contribution in [1.82, 2.24) is 10.1 Å². The molecule has 4 rings (SSSR count). The van der Waals surface area contributed by atoms with Crippen molar-refractivity contribution in [2.75, 3.05) is 5.32 Å². The molecule has 0 saturated heterocycles. The van der Waals surface area contributed by atoms with E-state index in [1.54, 1.807) is 48.5 Å². The van der Waals surface area contributed by atoms with Gasteiger partial charge in [-0.2, -0.15) is 4.98 Å². The van der Waals surface area contributed by atoms with Crippen molar-refractivity contribution in [3.63, 3.8) is 0 Å². The fraction of sp³-hybridized carbons (Fsp3) is 0.0870. The fourth-order valence-corrected chi connectivity index (χ4v) is 2.78. The highest BCUT2D eigenvalue weighted by atomic mass is 19.1. The molecule has 8 heteroatoms. The van der Waals surface area contributed by atoms with Gasteiger partial charge in [-0.15, -0.1) is 0 Å². The molecule has 0 aliphatic carbocycles. The lowest BCUT2D eigenvalue weighted by atomic mass is 10.2. The molecule has 6 nitrogen and oxygen atoms in total. The van der Waals surface area contributed by atoms with Crippen molar-refractivity contribution < 1.29 is 22.8 Å². The van der Waals surface area contributed by atoms with Gasteiger partial charge in [-0.05, 0) is 67.6 Å². The van der Waals surface area contributed by atoms with E-state index in [2.05, 4.69) is 15.5 Å². The Morgan fingerprint density at radius 3 is 2.35 bits per heavy atom. The zero-order valence-electron chi connectivity index (χ0n) is 16.4. The van der Waals surface area contributed by atoms with Crippen molar-refractivity contribution in [2.45, 2.75) is 13.0 Å². The lowest BCUT2D eigenvalue weighted by Crippen LogP contribution is -2.30. The van der Waals surface area contributed by atoms with Crippen LogP contribution in [0.4, 0.5) is 14.5 Å². The molecule has 156 valence electrons. The third kappa shape index (κ3) is 4.75. The summed E-state index contributed by atoms with van der Waals surface area (Å²) < 4.78 is 37.4. The van der Waals surface area contributed by atoms with Crippen molar-refractivity contribution in [1.29, 1.82) is 0 Å². The Morgan fingerprint density at radius 1 is 0.968 bits per heavy atom. The third-order valence-electron chi connectivity index (χ3n) is 4.44. The highest BCUT2D eigenvalue weighted by Crippen LogP contribution is 2.24. The Balaban J connectivity index is 1.41. The molecule has 1 heterocycles. The number of carbonyl (C=O) groups excluding carboxylic acids is 1. The van der Waals surface area contributed by atoms with Gasteiger partial charge in [0.1, 0.15) is 5.82 Å². The molecule has 1 N–H and O–H groups in total. The molecular formula is C23H17F2N3O3. The summed E-state index contributed by atoms with van der Waals surface area (Å²) in [7, 11) is 0. The maximum Gasteiger partial charge on any atom is 0.265 e. The minimum Gasteiger partial charge on any atom is -0.478 e. The average Bonchev–Trinajstić information content (AvgIpc) is 3.26. The quantitative estimate of drug-likeness (QED) is 0.469. The number of carbonyl (C=O) groups is 1. The van der Waals surface area contributed by atoms with Gasteiger partial charge in [-0.3, -0.25) is 4.79 Å². The maximum atomic E-state index is 13.7. The Hall–Kier alpha value is -4.07. The van der Waals surface area contributed by atoms with Gasteiger partial charge in [-0.25, -0.2) is 8.78 Å². The standard InChI is InChI=1S/C23H17F2N3O3/c1-14(30-20-5-3-2-4-19(20)25)22(29)26-18-12-8-16(9-13-18)23-27-21(28-31-23)15-6-10-17(24)11-7-15/h2-14H,1H3,(H,26,29)/t14-/m1/s1. The SMILES string of the molecule is C[C@@H](Oc1ccccc1F)C(=O)Nc1ccc(-c2nc(-c3ccc(F)cc3)no2)cc1. The van der Waals surface area contributed by atoms with Crippen molar-refractivity contribution in [2.24, 2.45) is 0 Å². The summed E-state index contributed by atoms with van der Waals surface area (Å²) in [4.78, 5) is 16.7. The van der Waals surface area contributed by atoms with Crippen LogP contribution >= 0.6 is 0 Å². The van der Waals surface area contributed by atoms with E-state index in [1.165, 1.54) is 31.2 Å². The number of para-hydroxylation sites is 1. The Morgan fingerprint density at radius 2 is 1.65 bits per heavy atom. The van der Waals surface area contributed by atoms with E-state index in [4.69, 9.17) is 9.26 Å². The zero-order chi connectivity index (χ0) is 21.8. The molecule has 4 aromatic rings. The lowest BCUT2D eigenvalue weighted by Gasteiger charge is -2.15. The number of nitrogens with zero attached hydrogens (tertiary/aromatic N) is 2. The summed E-state index contributed by atoms with van der Waals surface area (Å²) in [5, 5.41) is 6.62. The molecule has 0 saturated carbocycles. The molecule has 1 atom stereocenters. The normalized spacial score (nSPS) is 11.7. The molecule has 0 unspecified atom stereocenters. The van der Waals surface area contributed by atoms with Gasteiger partial charge in [0.05, 0.1) is 0 Å². The van der Waals surface area contributed by atoms with Crippen molar-refractivity contribution in [3.05, 3.63) is 84.4 Å². The second-order valence-corrected chi connectivity index (χ2v) is 6.69. The van der Waals surface area contributed by atoms with E-state index >= 15 is 0 Å². The summed E-state index contributed by atoms with van der Waals surface area (Å²) in [6, 6.07) is 18.4. The van der Waals surface area contributed by atoms with Crippen LogP contribution in [0.25, 0.3) is 22.8 Å². The largest absolute Gasteiger partial charge is 0.478 e. The predicted octanol–water partition coefficient (Wildman–Crippen LogP) is 5.09. The molecule has 1 aromatic heterocycles. The van der Waals surface area contributed by atoms with E-state index < -0.39 is 17.8 Å². The zero-order valence-corrected chi connectivity index (χ0v) is 16.4. The first-order chi connectivity index (χ1) is 15.0. The van der Waals surface area contributed by atoms with Gasteiger partial charge in [-0.1, -0.05) is 17.3 Å².